The van der Waals surface area contributed by atoms with Crippen molar-refractivity contribution in [1.82, 2.24) is 10.6 Å². The van der Waals surface area contributed by atoms with Crippen molar-refractivity contribution in [2.24, 2.45) is 10.8 Å². The maximum Gasteiger partial charge on any atom is 0.305 e. The highest BCUT2D eigenvalue weighted by Crippen LogP contribution is 2.35. The second-order valence-electron chi connectivity index (χ2n) is 13.5. The molecule has 0 aliphatic carbocycles. The van der Waals surface area contributed by atoms with Crippen molar-refractivity contribution in [3.05, 3.63) is 12.2 Å². The first-order valence-electron chi connectivity index (χ1n) is 15.9. The molecule has 1 fully saturated rings. The maximum atomic E-state index is 13.3. The van der Waals surface area contributed by atoms with Crippen molar-refractivity contribution in [3.8, 4) is 0 Å². The Kier molecular flexibility index (Phi) is 16.2. The number of allylic oxidation sites excluding steroid dienone is 2. The van der Waals surface area contributed by atoms with Gasteiger partial charge in [0.1, 0.15) is 6.10 Å². The van der Waals surface area contributed by atoms with Crippen molar-refractivity contribution in [1.29, 1.82) is 0 Å². The van der Waals surface area contributed by atoms with Crippen molar-refractivity contribution >= 4 is 17.8 Å². The number of hydrogen-bond acceptors (Lipinski definition) is 5. The summed E-state index contributed by atoms with van der Waals surface area (Å²) in [5, 5.41) is 15.5. The number of ether oxygens (including phenoxy) is 2. The van der Waals surface area contributed by atoms with Crippen LogP contribution in [0.25, 0.3) is 0 Å². The summed E-state index contributed by atoms with van der Waals surface area (Å²) in [6.07, 6.45) is 16.6. The van der Waals surface area contributed by atoms with Crippen LogP contribution in [0, 0.1) is 10.8 Å². The lowest BCUT2D eigenvalue weighted by Gasteiger charge is -2.45. The Morgan fingerprint density at radius 3 is 2.05 bits per heavy atom. The second kappa shape index (κ2) is 17.9. The number of carboxylic acid groups (broad SMARTS) is 1. The Morgan fingerprint density at radius 2 is 1.49 bits per heavy atom. The van der Waals surface area contributed by atoms with E-state index in [1.807, 2.05) is 34.6 Å². The van der Waals surface area contributed by atoms with Gasteiger partial charge in [0, 0.05) is 16.9 Å². The number of aliphatic carboxylic acids is 1. The van der Waals surface area contributed by atoms with Crippen LogP contribution in [0.2, 0.25) is 0 Å². The van der Waals surface area contributed by atoms with Gasteiger partial charge in [0.15, 0.2) is 5.79 Å². The van der Waals surface area contributed by atoms with E-state index in [9.17, 15) is 19.5 Å². The van der Waals surface area contributed by atoms with Gasteiger partial charge in [-0.1, -0.05) is 92.2 Å². The molecule has 1 saturated heterocycles. The molecule has 8 heteroatoms. The summed E-state index contributed by atoms with van der Waals surface area (Å²) in [5.74, 6) is -2.48. The molecule has 1 heterocycles. The van der Waals surface area contributed by atoms with Crippen LogP contribution in [-0.2, 0) is 23.9 Å². The van der Waals surface area contributed by atoms with E-state index >= 15 is 0 Å². The molecular formula is C33H60N2O6. The second-order valence-corrected chi connectivity index (χ2v) is 13.5. The lowest BCUT2D eigenvalue weighted by Crippen LogP contribution is -2.61. The molecule has 238 valence electrons. The molecule has 0 aromatic rings. The Labute approximate surface area is 249 Å². The number of unbranched alkanes of at least 4 members (excludes halogenated alkanes) is 8. The molecule has 0 radical (unpaired) electrons. The van der Waals surface area contributed by atoms with Crippen molar-refractivity contribution in [2.75, 3.05) is 6.61 Å². The van der Waals surface area contributed by atoms with Crippen LogP contribution in [0.1, 0.15) is 139 Å². The lowest BCUT2D eigenvalue weighted by molar-refractivity contribution is -0.304. The predicted octanol–water partition coefficient (Wildman–Crippen LogP) is 6.91. The van der Waals surface area contributed by atoms with Gasteiger partial charge < -0.3 is 25.2 Å². The van der Waals surface area contributed by atoms with Crippen LogP contribution >= 0.6 is 0 Å². The van der Waals surface area contributed by atoms with Gasteiger partial charge in [0.05, 0.1) is 19.1 Å². The van der Waals surface area contributed by atoms with Gasteiger partial charge >= 0.3 is 5.97 Å². The Morgan fingerprint density at radius 1 is 0.902 bits per heavy atom. The normalized spacial score (nSPS) is 20.0. The SMILES string of the molecule is CCCCCC/C=C/CCCCCCC(C)(C)C(=O)NC(CC)C(CC(=O)O)NC(=O)C1OC(C)(C)OCC1(C)C. The molecule has 3 atom stereocenters. The van der Waals surface area contributed by atoms with E-state index < -0.39 is 46.7 Å². The van der Waals surface area contributed by atoms with E-state index in [4.69, 9.17) is 9.47 Å². The first-order chi connectivity index (χ1) is 19.1. The van der Waals surface area contributed by atoms with Crippen molar-refractivity contribution in [2.45, 2.75) is 163 Å². The molecule has 0 aromatic heterocycles. The molecule has 1 aliphatic heterocycles. The largest absolute Gasteiger partial charge is 0.481 e. The number of carbonyl (C=O) groups is 3. The van der Waals surface area contributed by atoms with Gasteiger partial charge in [0.2, 0.25) is 11.8 Å². The zero-order valence-corrected chi connectivity index (χ0v) is 27.3. The fraction of sp³-hybridized carbons (Fsp3) is 0.848. The highest BCUT2D eigenvalue weighted by atomic mass is 16.7. The third-order valence-corrected chi connectivity index (χ3v) is 8.03. The van der Waals surface area contributed by atoms with Crippen LogP contribution in [-0.4, -0.2) is 53.5 Å². The van der Waals surface area contributed by atoms with E-state index in [0.717, 1.165) is 38.5 Å². The number of hydrogen-bond donors (Lipinski definition) is 3. The number of carbonyl (C=O) groups excluding carboxylic acids is 2. The molecule has 0 aromatic carbocycles. The average molecular weight is 581 g/mol. The molecule has 1 aliphatic rings. The summed E-state index contributed by atoms with van der Waals surface area (Å²) in [6, 6.07) is -1.29. The first-order valence-corrected chi connectivity index (χ1v) is 15.9. The smallest absolute Gasteiger partial charge is 0.305 e. The van der Waals surface area contributed by atoms with Gasteiger partial charge in [-0.3, -0.25) is 14.4 Å². The molecule has 41 heavy (non-hydrogen) atoms. The third kappa shape index (κ3) is 14.2. The molecule has 0 bridgehead atoms. The Bertz CT molecular complexity index is 836. The monoisotopic (exact) mass is 580 g/mol. The van der Waals surface area contributed by atoms with E-state index in [1.165, 1.54) is 32.1 Å². The third-order valence-electron chi connectivity index (χ3n) is 8.03. The summed E-state index contributed by atoms with van der Waals surface area (Å²) in [7, 11) is 0. The van der Waals surface area contributed by atoms with Crippen LogP contribution in [0.15, 0.2) is 12.2 Å². The van der Waals surface area contributed by atoms with E-state index in [-0.39, 0.29) is 12.3 Å². The summed E-state index contributed by atoms with van der Waals surface area (Å²) < 4.78 is 11.7. The molecule has 0 saturated carbocycles. The fourth-order valence-corrected chi connectivity index (χ4v) is 5.13. The van der Waals surface area contributed by atoms with Crippen LogP contribution < -0.4 is 10.6 Å². The zero-order chi connectivity index (χ0) is 31.1. The predicted molar refractivity (Wildman–Crippen MR) is 164 cm³/mol. The molecule has 3 unspecified atom stereocenters. The number of nitrogens with one attached hydrogen (secondary N) is 2. The van der Waals surface area contributed by atoms with Crippen molar-refractivity contribution < 1.29 is 29.0 Å². The minimum atomic E-state index is -1.04. The van der Waals surface area contributed by atoms with E-state index in [0.29, 0.717) is 13.0 Å². The molecule has 1 rings (SSSR count). The molecule has 0 spiro atoms. The average Bonchev–Trinajstić information content (AvgIpc) is 2.88. The lowest BCUT2D eigenvalue weighted by atomic mass is 9.84. The summed E-state index contributed by atoms with van der Waals surface area (Å²) in [6.45, 7) is 15.6. The molecule has 2 amide bonds. The summed E-state index contributed by atoms with van der Waals surface area (Å²) >= 11 is 0. The van der Waals surface area contributed by atoms with Crippen LogP contribution in [0.5, 0.6) is 0 Å². The number of carboxylic acids is 1. The summed E-state index contributed by atoms with van der Waals surface area (Å²) in [4.78, 5) is 38.4. The fourth-order valence-electron chi connectivity index (χ4n) is 5.13. The van der Waals surface area contributed by atoms with Gasteiger partial charge in [-0.25, -0.2) is 0 Å². The highest BCUT2D eigenvalue weighted by molar-refractivity contribution is 5.84. The molecular weight excluding hydrogens is 520 g/mol. The Balaban J connectivity index is 2.62. The minimum absolute atomic E-state index is 0.122. The summed E-state index contributed by atoms with van der Waals surface area (Å²) in [5.41, 5.74) is -1.19. The first kappa shape index (κ1) is 37.1. The van der Waals surface area contributed by atoms with Crippen molar-refractivity contribution in [3.63, 3.8) is 0 Å². The molecule has 8 nitrogen and oxygen atoms in total. The number of rotatable bonds is 20. The quantitative estimate of drug-likeness (QED) is 0.106. The van der Waals surface area contributed by atoms with E-state index in [2.05, 4.69) is 29.7 Å². The number of amides is 2. The Hall–Kier alpha value is -1.93. The van der Waals surface area contributed by atoms with Gasteiger partial charge in [-0.15, -0.1) is 0 Å². The maximum absolute atomic E-state index is 13.3. The standard InChI is InChI=1S/C33H60N2O6/c1-9-11-12-13-14-15-16-17-18-19-20-21-22-31(3,4)30(39)35-25(10-2)26(23-27(36)37)34-29(38)28-32(5,6)24-40-33(7,8)41-28/h15-16,25-26,28H,9-14,17-24H2,1-8H3,(H,34,38)(H,35,39)(H,36,37)/b16-15+. The van der Waals surface area contributed by atoms with E-state index in [1.54, 1.807) is 13.8 Å². The molecule has 3 N–H and O–H groups in total. The van der Waals surface area contributed by atoms with Gasteiger partial charge in [-0.05, 0) is 52.4 Å². The minimum Gasteiger partial charge on any atom is -0.481 e. The topological polar surface area (TPSA) is 114 Å². The highest BCUT2D eigenvalue weighted by Gasteiger charge is 2.46. The van der Waals surface area contributed by atoms with Crippen LogP contribution in [0.4, 0.5) is 0 Å². The van der Waals surface area contributed by atoms with Gasteiger partial charge in [-0.2, -0.15) is 0 Å². The van der Waals surface area contributed by atoms with Crippen LogP contribution in [0.3, 0.4) is 0 Å². The van der Waals surface area contributed by atoms with Gasteiger partial charge in [0.25, 0.3) is 0 Å². The zero-order valence-electron chi connectivity index (χ0n) is 27.3.